The van der Waals surface area contributed by atoms with Crippen molar-refractivity contribution in [2.75, 3.05) is 0 Å². The van der Waals surface area contributed by atoms with Crippen LogP contribution in [0.25, 0.3) is 0 Å². The van der Waals surface area contributed by atoms with E-state index in [1.165, 1.54) is 12.1 Å². The molecule has 3 heterocycles. The molecule has 3 saturated heterocycles. The molecule has 0 N–H and O–H groups in total. The van der Waals surface area contributed by atoms with Crippen LogP contribution in [0.5, 0.6) is 0 Å². The second-order valence-corrected chi connectivity index (χ2v) is 11.0. The number of ether oxygens (including phenoxy) is 5. The lowest BCUT2D eigenvalue weighted by molar-refractivity contribution is -0.480. The zero-order chi connectivity index (χ0) is 26.3. The van der Waals surface area contributed by atoms with Crippen LogP contribution in [0.4, 0.5) is 0 Å². The highest BCUT2D eigenvalue weighted by Gasteiger charge is 2.65. The maximum atomic E-state index is 13.3. The fourth-order valence-electron chi connectivity index (χ4n) is 4.94. The predicted octanol–water partition coefficient (Wildman–Crippen LogP) is 3.36. The number of hydrogen-bond acceptors (Lipinski definition) is 9. The first kappa shape index (κ1) is 25.2. The summed E-state index contributed by atoms with van der Waals surface area (Å²) in [6.07, 6.45) is -5.49. The summed E-state index contributed by atoms with van der Waals surface area (Å²) >= 11 is 0. The normalized spacial score (nSPS) is 29.8. The average molecular weight is 539 g/mol. The minimum absolute atomic E-state index is 0.00672. The van der Waals surface area contributed by atoms with E-state index in [1.807, 2.05) is 37.3 Å². The first-order chi connectivity index (χ1) is 18.4. The number of carbonyl (C=O) groups is 1. The van der Waals surface area contributed by atoms with Crippen LogP contribution in [0, 0.1) is 6.92 Å². The Balaban J connectivity index is 1.31. The Morgan fingerprint density at radius 1 is 0.763 bits per heavy atom. The Bertz CT molecular complexity index is 1380. The zero-order valence-corrected chi connectivity index (χ0v) is 21.2. The number of hydrogen-bond donors (Lipinski definition) is 0. The minimum atomic E-state index is -4.21. The van der Waals surface area contributed by atoms with Gasteiger partial charge in [0.1, 0.15) is 30.5 Å². The third-order valence-corrected chi connectivity index (χ3v) is 8.16. The first-order valence-corrected chi connectivity index (χ1v) is 13.7. The third-order valence-electron chi connectivity index (χ3n) is 6.83. The van der Waals surface area contributed by atoms with Gasteiger partial charge in [0.25, 0.3) is 16.6 Å². The summed E-state index contributed by atoms with van der Waals surface area (Å²) < 4.78 is 61.9. The largest absolute Gasteiger partial charge is 0.453 e. The van der Waals surface area contributed by atoms with Crippen LogP contribution in [-0.2, 0) is 44.6 Å². The van der Waals surface area contributed by atoms with E-state index in [0.717, 1.165) is 11.1 Å². The molecule has 3 aromatic rings. The van der Waals surface area contributed by atoms with Crippen molar-refractivity contribution in [3.05, 3.63) is 102 Å². The van der Waals surface area contributed by atoms with Gasteiger partial charge in [-0.1, -0.05) is 66.2 Å². The highest BCUT2D eigenvalue weighted by molar-refractivity contribution is 7.86. The first-order valence-electron chi connectivity index (χ1n) is 12.3. The highest BCUT2D eigenvalue weighted by atomic mass is 32.2. The van der Waals surface area contributed by atoms with E-state index in [0.29, 0.717) is 5.56 Å². The van der Waals surface area contributed by atoms with Crippen molar-refractivity contribution in [3.8, 4) is 0 Å². The summed E-state index contributed by atoms with van der Waals surface area (Å²) in [5.74, 6) is -0.599. The van der Waals surface area contributed by atoms with E-state index < -0.39 is 59.2 Å². The Morgan fingerprint density at radius 3 is 2.00 bits per heavy atom. The molecule has 4 fully saturated rings. The fraction of sp³-hybridized carbons (Fsp3) is 0.321. The maximum absolute atomic E-state index is 13.3. The van der Waals surface area contributed by atoms with Crippen LogP contribution >= 0.6 is 0 Å². The Morgan fingerprint density at radius 2 is 1.34 bits per heavy atom. The lowest BCUT2D eigenvalue weighted by Gasteiger charge is -2.57. The molecule has 0 radical (unpaired) electrons. The SMILES string of the molecule is Cc1ccc(S(=O)(=O)O[C@H]2[C@@H]3O[C@H]4O[C@@H]([C@H]3OCc3ccccc3)[C@H](OC(=O)c3ccccc3)[C@@H]2O4)cc1. The topological polar surface area (TPSA) is 107 Å². The van der Waals surface area contributed by atoms with Gasteiger partial charge in [0.2, 0.25) is 0 Å². The van der Waals surface area contributed by atoms with Crippen LogP contribution in [0.1, 0.15) is 21.5 Å². The molecule has 7 atom stereocenters. The molecular weight excluding hydrogens is 512 g/mol. The molecular formula is C28H26O9S. The van der Waals surface area contributed by atoms with E-state index in [1.54, 1.807) is 42.5 Å². The van der Waals surface area contributed by atoms with Crippen molar-refractivity contribution >= 4 is 16.1 Å². The molecule has 7 rings (SSSR count). The molecule has 3 aromatic carbocycles. The molecule has 1 aliphatic carbocycles. The maximum Gasteiger partial charge on any atom is 0.338 e. The third kappa shape index (κ3) is 4.86. The van der Waals surface area contributed by atoms with Crippen molar-refractivity contribution in [2.45, 2.75) is 61.5 Å². The van der Waals surface area contributed by atoms with Gasteiger partial charge in [-0.2, -0.15) is 8.42 Å². The number of rotatable bonds is 8. The van der Waals surface area contributed by atoms with Crippen molar-refractivity contribution in [2.24, 2.45) is 0 Å². The summed E-state index contributed by atoms with van der Waals surface area (Å²) in [5, 5.41) is 0. The smallest absolute Gasteiger partial charge is 0.338 e. The summed E-state index contributed by atoms with van der Waals surface area (Å²) in [7, 11) is -4.21. The zero-order valence-electron chi connectivity index (χ0n) is 20.4. The van der Waals surface area contributed by atoms with Gasteiger partial charge in [0, 0.05) is 0 Å². The van der Waals surface area contributed by atoms with Crippen molar-refractivity contribution in [1.82, 2.24) is 0 Å². The highest BCUT2D eigenvalue weighted by Crippen LogP contribution is 2.44. The summed E-state index contributed by atoms with van der Waals surface area (Å²) in [4.78, 5) is 13.0. The number of carbonyl (C=O) groups excluding carboxylic acids is 1. The lowest BCUT2D eigenvalue weighted by atomic mass is 9.82. The summed E-state index contributed by atoms with van der Waals surface area (Å²) in [6.45, 7) is 1.01. The van der Waals surface area contributed by atoms with Gasteiger partial charge in [0.15, 0.2) is 6.10 Å². The molecule has 4 bridgehead atoms. The second kappa shape index (κ2) is 10.2. The van der Waals surface area contributed by atoms with Crippen LogP contribution in [-0.4, -0.2) is 57.5 Å². The second-order valence-electron chi connectivity index (χ2n) is 9.42. The Hall–Kier alpha value is -3.12. The summed E-state index contributed by atoms with van der Waals surface area (Å²) in [6, 6.07) is 24.3. The van der Waals surface area contributed by atoms with Crippen LogP contribution in [0.15, 0.2) is 89.8 Å². The van der Waals surface area contributed by atoms with E-state index >= 15 is 0 Å². The van der Waals surface area contributed by atoms with Gasteiger partial charge in [0.05, 0.1) is 17.1 Å². The van der Waals surface area contributed by atoms with Crippen molar-refractivity contribution in [3.63, 3.8) is 0 Å². The molecule has 10 heteroatoms. The van der Waals surface area contributed by atoms with E-state index in [-0.39, 0.29) is 11.5 Å². The lowest BCUT2D eigenvalue weighted by Crippen LogP contribution is -2.76. The van der Waals surface area contributed by atoms with Crippen molar-refractivity contribution in [1.29, 1.82) is 0 Å². The monoisotopic (exact) mass is 538 g/mol. The molecule has 198 valence electrons. The molecule has 0 unspecified atom stereocenters. The Labute approximate surface area is 220 Å². The van der Waals surface area contributed by atoms with Gasteiger partial charge in [-0.25, -0.2) is 4.79 Å². The molecule has 0 aromatic heterocycles. The standard InChI is InChI=1S/C28H26O9S/c1-17-12-14-20(15-13-17)38(30,31)37-26-23-21(32-16-18-8-4-2-5-9-18)22-24(25(26)36-28(34-22)35-23)33-27(29)19-10-6-3-7-11-19/h2-15,21-26,28H,16H2,1H3/t21-,22+,23-,24+,25+,26+,28-/m1/s1. The average Bonchev–Trinajstić information content (AvgIpc) is 2.93. The van der Waals surface area contributed by atoms with E-state index in [9.17, 15) is 13.2 Å². The molecule has 9 nitrogen and oxygen atoms in total. The molecule has 3 aliphatic heterocycles. The number of esters is 1. The molecule has 0 spiro atoms. The van der Waals surface area contributed by atoms with Gasteiger partial charge < -0.3 is 23.7 Å². The van der Waals surface area contributed by atoms with Crippen LogP contribution in [0.2, 0.25) is 0 Å². The minimum Gasteiger partial charge on any atom is -0.453 e. The van der Waals surface area contributed by atoms with Gasteiger partial charge in [-0.3, -0.25) is 4.18 Å². The molecule has 0 amide bonds. The van der Waals surface area contributed by atoms with E-state index in [4.69, 9.17) is 27.9 Å². The van der Waals surface area contributed by atoms with E-state index in [2.05, 4.69) is 0 Å². The fourth-order valence-corrected chi connectivity index (χ4v) is 6.03. The molecule has 38 heavy (non-hydrogen) atoms. The Kier molecular flexibility index (Phi) is 6.77. The predicted molar refractivity (Wildman–Crippen MR) is 132 cm³/mol. The molecule has 4 aliphatic rings. The molecule has 1 saturated carbocycles. The van der Waals surface area contributed by atoms with Gasteiger partial charge >= 0.3 is 5.97 Å². The quantitative estimate of drug-likeness (QED) is 0.315. The summed E-state index contributed by atoms with van der Waals surface area (Å²) in [5.41, 5.74) is 2.15. The van der Waals surface area contributed by atoms with Gasteiger partial charge in [-0.05, 0) is 36.8 Å². The number of aryl methyl sites for hydroxylation is 1. The van der Waals surface area contributed by atoms with Gasteiger partial charge in [-0.15, -0.1) is 0 Å². The van der Waals surface area contributed by atoms with Crippen LogP contribution in [0.3, 0.4) is 0 Å². The number of benzene rings is 3. The van der Waals surface area contributed by atoms with Crippen molar-refractivity contribution < 1.29 is 41.1 Å². The van der Waals surface area contributed by atoms with Crippen LogP contribution < -0.4 is 0 Å².